The fourth-order valence-corrected chi connectivity index (χ4v) is 1.28. The Morgan fingerprint density at radius 2 is 2.33 bits per heavy atom. The molecule has 1 nitrogen and oxygen atoms in total. The second-order valence-corrected chi connectivity index (χ2v) is 2.82. The largest absolute Gasteiger partial charge is 0.354 e. The minimum Gasteiger partial charge on any atom is -0.354 e. The van der Waals surface area contributed by atoms with Crippen molar-refractivity contribution >= 4 is 0 Å². The van der Waals surface area contributed by atoms with Gasteiger partial charge in [-0.15, -0.1) is 0 Å². The van der Waals surface area contributed by atoms with Gasteiger partial charge in [-0.1, -0.05) is 0 Å². The Labute approximate surface area is 55.3 Å². The summed E-state index contributed by atoms with van der Waals surface area (Å²) in [4.78, 5) is 0. The summed E-state index contributed by atoms with van der Waals surface area (Å²) in [5.41, 5.74) is 1.51. The van der Waals surface area contributed by atoms with Crippen LogP contribution in [0.25, 0.3) is 0 Å². The second kappa shape index (κ2) is 1.63. The molecule has 0 bridgehead atoms. The molecule has 2 rings (SSSR count). The summed E-state index contributed by atoms with van der Waals surface area (Å²) in [5, 5.41) is 0. The Morgan fingerprint density at radius 3 is 2.78 bits per heavy atom. The Bertz CT molecular complexity index is 208. The molecule has 48 valence electrons. The molecule has 0 amide bonds. The van der Waals surface area contributed by atoms with Gasteiger partial charge in [0.2, 0.25) is 0 Å². The van der Waals surface area contributed by atoms with Crippen LogP contribution in [0.3, 0.4) is 0 Å². The molecule has 1 aliphatic rings. The van der Waals surface area contributed by atoms with Gasteiger partial charge in [0.25, 0.3) is 0 Å². The molecule has 0 spiro atoms. The van der Waals surface area contributed by atoms with Gasteiger partial charge >= 0.3 is 0 Å². The molecule has 1 aromatic rings. The SMILES string of the molecule is Cn1cccc1C1CC1. The van der Waals surface area contributed by atoms with E-state index in [2.05, 4.69) is 29.9 Å². The van der Waals surface area contributed by atoms with Crippen LogP contribution >= 0.6 is 0 Å². The Morgan fingerprint density at radius 1 is 1.56 bits per heavy atom. The van der Waals surface area contributed by atoms with E-state index in [1.165, 1.54) is 18.5 Å². The summed E-state index contributed by atoms with van der Waals surface area (Å²) in [6.07, 6.45) is 4.92. The van der Waals surface area contributed by atoms with Crippen LogP contribution in [0.1, 0.15) is 24.5 Å². The summed E-state index contributed by atoms with van der Waals surface area (Å²) in [7, 11) is 2.12. The number of nitrogens with zero attached hydrogens (tertiary/aromatic N) is 1. The predicted molar refractivity (Wildman–Crippen MR) is 37.4 cm³/mol. The number of hydrogen-bond acceptors (Lipinski definition) is 0. The fourth-order valence-electron chi connectivity index (χ4n) is 1.28. The summed E-state index contributed by atoms with van der Waals surface area (Å²) in [6.45, 7) is 0. The van der Waals surface area contributed by atoms with E-state index < -0.39 is 0 Å². The molecule has 1 saturated carbocycles. The highest BCUT2D eigenvalue weighted by molar-refractivity contribution is 5.16. The second-order valence-electron chi connectivity index (χ2n) is 2.82. The van der Waals surface area contributed by atoms with Crippen LogP contribution in [0.15, 0.2) is 18.3 Å². The van der Waals surface area contributed by atoms with E-state index in [9.17, 15) is 0 Å². The quantitative estimate of drug-likeness (QED) is 0.534. The zero-order valence-electron chi connectivity index (χ0n) is 5.67. The molecule has 0 atom stereocenters. The van der Waals surface area contributed by atoms with Crippen LogP contribution in [-0.2, 0) is 7.05 Å². The smallest absolute Gasteiger partial charge is 0.0202 e. The number of hydrogen-bond donors (Lipinski definition) is 0. The van der Waals surface area contributed by atoms with Crippen molar-refractivity contribution in [3.8, 4) is 0 Å². The van der Waals surface area contributed by atoms with Crippen molar-refractivity contribution in [3.05, 3.63) is 24.0 Å². The lowest BCUT2D eigenvalue weighted by atomic mass is 10.3. The van der Waals surface area contributed by atoms with E-state index in [0.717, 1.165) is 5.92 Å². The zero-order chi connectivity index (χ0) is 6.27. The van der Waals surface area contributed by atoms with Gasteiger partial charge < -0.3 is 4.57 Å². The average Bonchev–Trinajstić information content (AvgIpc) is 2.58. The van der Waals surface area contributed by atoms with Gasteiger partial charge in [0.1, 0.15) is 0 Å². The Kier molecular flexibility index (Phi) is 0.922. The summed E-state index contributed by atoms with van der Waals surface area (Å²) in [5.74, 6) is 0.894. The lowest BCUT2D eigenvalue weighted by molar-refractivity contribution is 0.830. The van der Waals surface area contributed by atoms with Gasteiger partial charge in [0, 0.05) is 18.9 Å². The van der Waals surface area contributed by atoms with E-state index in [-0.39, 0.29) is 0 Å². The first-order valence-corrected chi connectivity index (χ1v) is 3.49. The minimum absolute atomic E-state index is 0.894. The third kappa shape index (κ3) is 0.766. The zero-order valence-corrected chi connectivity index (χ0v) is 5.67. The van der Waals surface area contributed by atoms with Crippen LogP contribution in [0.2, 0.25) is 0 Å². The van der Waals surface area contributed by atoms with E-state index >= 15 is 0 Å². The molecule has 1 aromatic heterocycles. The summed E-state index contributed by atoms with van der Waals surface area (Å²) in [6, 6.07) is 4.34. The van der Waals surface area contributed by atoms with Crippen LogP contribution in [0.4, 0.5) is 0 Å². The number of rotatable bonds is 1. The lowest BCUT2D eigenvalue weighted by Gasteiger charge is -1.97. The molecule has 1 fully saturated rings. The first-order valence-electron chi connectivity index (χ1n) is 3.49. The van der Waals surface area contributed by atoms with Crippen LogP contribution in [0, 0.1) is 0 Å². The van der Waals surface area contributed by atoms with Crippen LogP contribution < -0.4 is 0 Å². The van der Waals surface area contributed by atoms with Gasteiger partial charge in [-0.2, -0.15) is 0 Å². The van der Waals surface area contributed by atoms with Crippen molar-refractivity contribution in [1.29, 1.82) is 0 Å². The van der Waals surface area contributed by atoms with Gasteiger partial charge in [-0.3, -0.25) is 0 Å². The van der Waals surface area contributed by atoms with Crippen LogP contribution in [0.5, 0.6) is 0 Å². The average molecular weight is 121 g/mol. The highest BCUT2D eigenvalue weighted by atomic mass is 14.9. The van der Waals surface area contributed by atoms with Crippen molar-refractivity contribution in [2.45, 2.75) is 18.8 Å². The molecule has 0 saturated heterocycles. The summed E-state index contributed by atoms with van der Waals surface area (Å²) < 4.78 is 2.22. The molecule has 0 aliphatic heterocycles. The van der Waals surface area contributed by atoms with E-state index in [1.807, 2.05) is 0 Å². The van der Waals surface area contributed by atoms with Crippen molar-refractivity contribution in [2.24, 2.45) is 7.05 Å². The monoisotopic (exact) mass is 121 g/mol. The lowest BCUT2D eigenvalue weighted by Crippen LogP contribution is -1.90. The first-order chi connectivity index (χ1) is 4.38. The minimum atomic E-state index is 0.894. The van der Waals surface area contributed by atoms with E-state index in [4.69, 9.17) is 0 Å². The molecule has 1 heteroatoms. The third-order valence-electron chi connectivity index (χ3n) is 1.98. The first kappa shape index (κ1) is 5.10. The highest BCUT2D eigenvalue weighted by Gasteiger charge is 2.24. The molecule has 1 aliphatic carbocycles. The number of aromatic nitrogens is 1. The van der Waals surface area contributed by atoms with Crippen LogP contribution in [-0.4, -0.2) is 4.57 Å². The molecule has 9 heavy (non-hydrogen) atoms. The predicted octanol–water partition coefficient (Wildman–Crippen LogP) is 1.90. The maximum atomic E-state index is 2.22. The molecule has 0 N–H and O–H groups in total. The Balaban J connectivity index is 2.35. The van der Waals surface area contributed by atoms with Crippen molar-refractivity contribution < 1.29 is 0 Å². The van der Waals surface area contributed by atoms with Gasteiger partial charge in [0.05, 0.1) is 0 Å². The molecule has 0 radical (unpaired) electrons. The maximum Gasteiger partial charge on any atom is 0.0202 e. The van der Waals surface area contributed by atoms with Gasteiger partial charge in [-0.25, -0.2) is 0 Å². The number of aryl methyl sites for hydroxylation is 1. The molecular weight excluding hydrogens is 110 g/mol. The topological polar surface area (TPSA) is 4.93 Å². The van der Waals surface area contributed by atoms with Gasteiger partial charge in [-0.05, 0) is 30.9 Å². The molecule has 0 aromatic carbocycles. The van der Waals surface area contributed by atoms with E-state index in [0.29, 0.717) is 0 Å². The molecule has 1 heterocycles. The summed E-state index contributed by atoms with van der Waals surface area (Å²) >= 11 is 0. The Hall–Kier alpha value is -0.720. The van der Waals surface area contributed by atoms with Crippen molar-refractivity contribution in [2.75, 3.05) is 0 Å². The van der Waals surface area contributed by atoms with Crippen molar-refractivity contribution in [1.82, 2.24) is 4.57 Å². The highest BCUT2D eigenvalue weighted by Crippen LogP contribution is 2.39. The molecule has 0 unspecified atom stereocenters. The normalized spacial score (nSPS) is 18.3. The standard InChI is InChI=1S/C8H11N/c1-9-6-2-3-8(9)7-4-5-7/h2-3,6-7H,4-5H2,1H3. The maximum absolute atomic E-state index is 2.22. The van der Waals surface area contributed by atoms with Gasteiger partial charge in [0.15, 0.2) is 0 Å². The van der Waals surface area contributed by atoms with Crippen molar-refractivity contribution in [3.63, 3.8) is 0 Å². The van der Waals surface area contributed by atoms with E-state index in [1.54, 1.807) is 0 Å². The molecular formula is C8H11N. The third-order valence-corrected chi connectivity index (χ3v) is 1.98. The fraction of sp³-hybridized carbons (Fsp3) is 0.500.